The number of likely N-dealkylation sites (N-methyl/N-ethyl adjacent to an activating group) is 1. The topological polar surface area (TPSA) is 44.4 Å². The standard InChI is InChI=1S/C14H21N3O/c1-5-9(2)17(4)10-6-7-11-12(8-10)16-14(18)13(11)15-3/h6-9,13,15H,5H2,1-4H3,(H,16,18). The summed E-state index contributed by atoms with van der Waals surface area (Å²) in [5.74, 6) is 0.0239. The summed E-state index contributed by atoms with van der Waals surface area (Å²) in [5.41, 5.74) is 3.09. The average molecular weight is 247 g/mol. The van der Waals surface area contributed by atoms with Crippen molar-refractivity contribution in [3.63, 3.8) is 0 Å². The molecular weight excluding hydrogens is 226 g/mol. The lowest BCUT2D eigenvalue weighted by Crippen LogP contribution is -2.27. The second-order valence-corrected chi connectivity index (χ2v) is 4.85. The van der Waals surface area contributed by atoms with Gasteiger partial charge in [0.2, 0.25) is 5.91 Å². The third-order valence-electron chi connectivity index (χ3n) is 3.82. The highest BCUT2D eigenvalue weighted by molar-refractivity contribution is 6.03. The fourth-order valence-corrected chi connectivity index (χ4v) is 2.28. The first-order valence-corrected chi connectivity index (χ1v) is 6.43. The summed E-state index contributed by atoms with van der Waals surface area (Å²) >= 11 is 0. The monoisotopic (exact) mass is 247 g/mol. The number of nitrogens with one attached hydrogen (secondary N) is 2. The number of carbonyl (C=O) groups is 1. The molecule has 98 valence electrons. The van der Waals surface area contributed by atoms with Crippen LogP contribution in [0.2, 0.25) is 0 Å². The minimum Gasteiger partial charge on any atom is -0.372 e. The average Bonchev–Trinajstić information content (AvgIpc) is 2.70. The van der Waals surface area contributed by atoms with Crippen molar-refractivity contribution in [1.82, 2.24) is 5.32 Å². The van der Waals surface area contributed by atoms with Gasteiger partial charge in [-0.25, -0.2) is 0 Å². The lowest BCUT2D eigenvalue weighted by Gasteiger charge is -2.26. The summed E-state index contributed by atoms with van der Waals surface area (Å²) < 4.78 is 0. The maximum absolute atomic E-state index is 11.7. The van der Waals surface area contributed by atoms with E-state index in [1.807, 2.05) is 6.07 Å². The first kappa shape index (κ1) is 12.9. The molecule has 0 saturated heterocycles. The first-order chi connectivity index (χ1) is 8.58. The van der Waals surface area contributed by atoms with Gasteiger partial charge in [-0.3, -0.25) is 4.79 Å². The van der Waals surface area contributed by atoms with Gasteiger partial charge in [-0.05, 0) is 32.5 Å². The molecule has 1 heterocycles. The van der Waals surface area contributed by atoms with Crippen molar-refractivity contribution in [2.75, 3.05) is 24.3 Å². The van der Waals surface area contributed by atoms with E-state index in [9.17, 15) is 4.79 Å². The summed E-state index contributed by atoms with van der Waals surface area (Å²) in [7, 11) is 3.89. The van der Waals surface area contributed by atoms with Crippen LogP contribution in [0, 0.1) is 0 Å². The molecule has 4 heteroatoms. The number of hydrogen-bond acceptors (Lipinski definition) is 3. The molecule has 4 nitrogen and oxygen atoms in total. The molecule has 0 saturated carbocycles. The molecule has 2 unspecified atom stereocenters. The Kier molecular flexibility index (Phi) is 3.57. The van der Waals surface area contributed by atoms with Gasteiger partial charge in [0.05, 0.1) is 0 Å². The molecule has 0 aromatic heterocycles. The fourth-order valence-electron chi connectivity index (χ4n) is 2.28. The second kappa shape index (κ2) is 4.98. The Hall–Kier alpha value is -1.55. The minimum absolute atomic E-state index is 0.0239. The molecule has 1 amide bonds. The first-order valence-electron chi connectivity index (χ1n) is 6.43. The molecule has 18 heavy (non-hydrogen) atoms. The highest BCUT2D eigenvalue weighted by Crippen LogP contribution is 2.34. The number of amides is 1. The van der Waals surface area contributed by atoms with Crippen molar-refractivity contribution in [2.24, 2.45) is 0 Å². The van der Waals surface area contributed by atoms with Crippen LogP contribution in [0.25, 0.3) is 0 Å². The molecule has 0 spiro atoms. The van der Waals surface area contributed by atoms with Crippen LogP contribution in [0.5, 0.6) is 0 Å². The Labute approximate surface area is 108 Å². The van der Waals surface area contributed by atoms with Crippen molar-refractivity contribution in [2.45, 2.75) is 32.4 Å². The van der Waals surface area contributed by atoms with Crippen LogP contribution in [-0.4, -0.2) is 26.0 Å². The van der Waals surface area contributed by atoms with Crippen LogP contribution < -0.4 is 15.5 Å². The lowest BCUT2D eigenvalue weighted by atomic mass is 10.1. The van der Waals surface area contributed by atoms with E-state index in [1.54, 1.807) is 7.05 Å². The van der Waals surface area contributed by atoms with E-state index in [0.717, 1.165) is 23.4 Å². The van der Waals surface area contributed by atoms with Crippen LogP contribution in [0.1, 0.15) is 31.9 Å². The number of carbonyl (C=O) groups excluding carboxylic acids is 1. The zero-order valence-electron chi connectivity index (χ0n) is 11.4. The quantitative estimate of drug-likeness (QED) is 0.856. The molecule has 0 bridgehead atoms. The van der Waals surface area contributed by atoms with Gasteiger partial charge in [-0.1, -0.05) is 13.0 Å². The predicted octanol–water partition coefficient (Wildman–Crippen LogP) is 2.13. The molecule has 0 radical (unpaired) electrons. The third-order valence-corrected chi connectivity index (χ3v) is 3.82. The molecular formula is C14H21N3O. The van der Waals surface area contributed by atoms with Crippen molar-refractivity contribution in [3.8, 4) is 0 Å². The van der Waals surface area contributed by atoms with E-state index in [4.69, 9.17) is 0 Å². The SMILES string of the molecule is CCC(C)N(C)c1ccc2c(c1)NC(=O)C2NC. The molecule has 1 aliphatic rings. The minimum atomic E-state index is -0.219. The summed E-state index contributed by atoms with van der Waals surface area (Å²) in [6.45, 7) is 4.37. The second-order valence-electron chi connectivity index (χ2n) is 4.85. The Bertz CT molecular complexity index is 458. The summed E-state index contributed by atoms with van der Waals surface area (Å²) in [6, 6.07) is 6.43. The van der Waals surface area contributed by atoms with Crippen molar-refractivity contribution in [3.05, 3.63) is 23.8 Å². The molecule has 2 atom stereocenters. The van der Waals surface area contributed by atoms with E-state index in [0.29, 0.717) is 6.04 Å². The maximum atomic E-state index is 11.7. The van der Waals surface area contributed by atoms with Gasteiger partial charge >= 0.3 is 0 Å². The Morgan fingerprint density at radius 2 is 2.22 bits per heavy atom. The van der Waals surface area contributed by atoms with Crippen LogP contribution >= 0.6 is 0 Å². The number of nitrogens with zero attached hydrogens (tertiary/aromatic N) is 1. The van der Waals surface area contributed by atoms with Crippen LogP contribution in [0.3, 0.4) is 0 Å². The number of fused-ring (bicyclic) bond motifs is 1. The highest BCUT2D eigenvalue weighted by Gasteiger charge is 2.29. The van der Waals surface area contributed by atoms with Gasteiger partial charge in [0.15, 0.2) is 0 Å². The number of benzene rings is 1. The van der Waals surface area contributed by atoms with Gasteiger partial charge in [-0.15, -0.1) is 0 Å². The molecule has 2 rings (SSSR count). The predicted molar refractivity (Wildman–Crippen MR) is 75.0 cm³/mol. The van der Waals surface area contributed by atoms with Gasteiger partial charge < -0.3 is 15.5 Å². The Balaban J connectivity index is 2.30. The third kappa shape index (κ3) is 2.08. The zero-order chi connectivity index (χ0) is 13.3. The molecule has 2 N–H and O–H groups in total. The smallest absolute Gasteiger partial charge is 0.246 e. The van der Waals surface area contributed by atoms with Gasteiger partial charge in [0.25, 0.3) is 0 Å². The van der Waals surface area contributed by atoms with Crippen molar-refractivity contribution in [1.29, 1.82) is 0 Å². The van der Waals surface area contributed by atoms with E-state index in [2.05, 4.69) is 48.6 Å². The van der Waals surface area contributed by atoms with Crippen LogP contribution in [-0.2, 0) is 4.79 Å². The molecule has 0 fully saturated rings. The molecule has 0 aliphatic carbocycles. The highest BCUT2D eigenvalue weighted by atomic mass is 16.2. The largest absolute Gasteiger partial charge is 0.372 e. The molecule has 1 aliphatic heterocycles. The van der Waals surface area contributed by atoms with Crippen LogP contribution in [0.4, 0.5) is 11.4 Å². The van der Waals surface area contributed by atoms with Gasteiger partial charge in [0, 0.05) is 30.0 Å². The van der Waals surface area contributed by atoms with E-state index < -0.39 is 0 Å². The number of hydrogen-bond donors (Lipinski definition) is 2. The van der Waals surface area contributed by atoms with E-state index in [1.165, 1.54) is 0 Å². The zero-order valence-corrected chi connectivity index (χ0v) is 11.4. The lowest BCUT2D eigenvalue weighted by molar-refractivity contribution is -0.117. The summed E-state index contributed by atoms with van der Waals surface area (Å²) in [5, 5.41) is 5.95. The van der Waals surface area contributed by atoms with E-state index in [-0.39, 0.29) is 11.9 Å². The Morgan fingerprint density at radius 3 is 2.83 bits per heavy atom. The van der Waals surface area contributed by atoms with E-state index >= 15 is 0 Å². The maximum Gasteiger partial charge on any atom is 0.246 e. The van der Waals surface area contributed by atoms with Crippen LogP contribution in [0.15, 0.2) is 18.2 Å². The molecule has 1 aromatic rings. The van der Waals surface area contributed by atoms with Crippen molar-refractivity contribution < 1.29 is 4.79 Å². The van der Waals surface area contributed by atoms with Gasteiger partial charge in [-0.2, -0.15) is 0 Å². The summed E-state index contributed by atoms with van der Waals surface area (Å²) in [6.07, 6.45) is 1.10. The number of rotatable bonds is 4. The molecule has 1 aromatic carbocycles. The normalized spacial score (nSPS) is 19.3. The summed E-state index contributed by atoms with van der Waals surface area (Å²) in [4.78, 5) is 14.0. The van der Waals surface area contributed by atoms with Crippen molar-refractivity contribution >= 4 is 17.3 Å². The number of anilines is 2. The Morgan fingerprint density at radius 1 is 1.50 bits per heavy atom. The van der Waals surface area contributed by atoms with Gasteiger partial charge in [0.1, 0.15) is 6.04 Å². The fraction of sp³-hybridized carbons (Fsp3) is 0.500.